The second-order valence-electron chi connectivity index (χ2n) is 15.3. The number of esters is 2. The van der Waals surface area contributed by atoms with Crippen LogP contribution in [0.3, 0.4) is 0 Å². The molecule has 0 aromatic carbocycles. The van der Waals surface area contributed by atoms with Crippen molar-refractivity contribution in [2.45, 2.75) is 174 Å². The van der Waals surface area contributed by atoms with Crippen LogP contribution in [-0.4, -0.2) is 70.0 Å². The average molecular weight is 782 g/mol. The van der Waals surface area contributed by atoms with Crippen LogP contribution >= 0.6 is 7.82 Å². The molecule has 0 saturated heterocycles. The van der Waals surface area contributed by atoms with Crippen LogP contribution in [0.5, 0.6) is 0 Å². The summed E-state index contributed by atoms with van der Waals surface area (Å²) in [5.41, 5.74) is 0. The summed E-state index contributed by atoms with van der Waals surface area (Å²) in [4.78, 5) is 37.4. The van der Waals surface area contributed by atoms with Crippen LogP contribution < -0.4 is 4.89 Å². The Bertz CT molecular complexity index is 1070. The molecule has 0 aliphatic carbocycles. The predicted molar refractivity (Wildman–Crippen MR) is 222 cm³/mol. The van der Waals surface area contributed by atoms with Crippen LogP contribution in [0.15, 0.2) is 48.6 Å². The lowest BCUT2D eigenvalue weighted by atomic mass is 10.1. The number of unbranched alkanes of at least 4 members (excludes halogenated alkanes) is 16. The van der Waals surface area contributed by atoms with E-state index in [0.29, 0.717) is 23.9 Å². The highest BCUT2D eigenvalue weighted by atomic mass is 31.2. The number of quaternary nitrogens is 1. The Morgan fingerprint density at radius 2 is 1.09 bits per heavy atom. The molecule has 10 heteroatoms. The van der Waals surface area contributed by atoms with Crippen LogP contribution in [0.1, 0.15) is 168 Å². The molecule has 9 nitrogen and oxygen atoms in total. The number of ether oxygens (including phenoxy) is 2. The van der Waals surface area contributed by atoms with Gasteiger partial charge in [-0.2, -0.15) is 0 Å². The fourth-order valence-corrected chi connectivity index (χ4v) is 6.24. The number of hydrogen-bond acceptors (Lipinski definition) is 8. The van der Waals surface area contributed by atoms with E-state index in [2.05, 4.69) is 56.4 Å². The Morgan fingerprint density at radius 3 is 1.67 bits per heavy atom. The average Bonchev–Trinajstić information content (AvgIpc) is 3.12. The highest BCUT2D eigenvalue weighted by Gasteiger charge is 2.21. The monoisotopic (exact) mass is 782 g/mol. The van der Waals surface area contributed by atoms with E-state index in [-0.39, 0.29) is 26.1 Å². The van der Waals surface area contributed by atoms with Gasteiger partial charge in [-0.15, -0.1) is 0 Å². The van der Waals surface area contributed by atoms with E-state index in [1.165, 1.54) is 64.2 Å². The molecule has 0 bridgehead atoms. The third kappa shape index (κ3) is 39.7. The molecule has 0 radical (unpaired) electrons. The summed E-state index contributed by atoms with van der Waals surface area (Å²) in [6.45, 7) is 4.04. The molecule has 314 valence electrons. The number of phosphoric ester groups is 1. The third-order valence-corrected chi connectivity index (χ3v) is 9.81. The van der Waals surface area contributed by atoms with Gasteiger partial charge in [-0.25, -0.2) is 0 Å². The lowest BCUT2D eigenvalue weighted by molar-refractivity contribution is -0.870. The van der Waals surface area contributed by atoms with E-state index in [0.717, 1.165) is 64.2 Å². The molecule has 54 heavy (non-hydrogen) atoms. The quantitative estimate of drug-likeness (QED) is 0.0200. The summed E-state index contributed by atoms with van der Waals surface area (Å²) in [7, 11) is 1.13. The molecule has 0 saturated carbocycles. The van der Waals surface area contributed by atoms with Crippen molar-refractivity contribution in [3.05, 3.63) is 48.6 Å². The van der Waals surface area contributed by atoms with E-state index >= 15 is 0 Å². The summed E-state index contributed by atoms with van der Waals surface area (Å²) in [5.74, 6) is -0.913. The van der Waals surface area contributed by atoms with Gasteiger partial charge in [0.25, 0.3) is 7.82 Å². The number of hydrogen-bond donors (Lipinski definition) is 0. The van der Waals surface area contributed by atoms with Gasteiger partial charge in [0.1, 0.15) is 19.8 Å². The molecule has 0 rings (SSSR count). The van der Waals surface area contributed by atoms with Gasteiger partial charge in [0.05, 0.1) is 27.7 Å². The lowest BCUT2D eigenvalue weighted by Gasteiger charge is -2.28. The highest BCUT2D eigenvalue weighted by molar-refractivity contribution is 7.45. The summed E-state index contributed by atoms with van der Waals surface area (Å²) in [6.07, 6.45) is 41.5. The Morgan fingerprint density at radius 1 is 0.593 bits per heavy atom. The molecule has 0 aliphatic rings. The van der Waals surface area contributed by atoms with Gasteiger partial charge in [0.15, 0.2) is 6.10 Å². The molecular formula is C44H80NO8P. The van der Waals surface area contributed by atoms with Crippen LogP contribution in [0.25, 0.3) is 0 Å². The van der Waals surface area contributed by atoms with E-state index in [9.17, 15) is 19.0 Å². The van der Waals surface area contributed by atoms with Gasteiger partial charge >= 0.3 is 11.9 Å². The van der Waals surface area contributed by atoms with Gasteiger partial charge in [-0.05, 0) is 57.8 Å². The second kappa shape index (κ2) is 36.6. The summed E-state index contributed by atoms with van der Waals surface area (Å²) < 4.78 is 33.8. The minimum Gasteiger partial charge on any atom is -0.756 e. The number of carbonyl (C=O) groups excluding carboxylic acids is 2. The minimum atomic E-state index is -4.63. The fourth-order valence-electron chi connectivity index (χ4n) is 5.51. The minimum absolute atomic E-state index is 0.0404. The lowest BCUT2D eigenvalue weighted by Crippen LogP contribution is -2.37. The molecule has 0 aromatic heterocycles. The zero-order valence-electron chi connectivity index (χ0n) is 35.2. The van der Waals surface area contributed by atoms with Crippen LogP contribution in [0, 0.1) is 0 Å². The van der Waals surface area contributed by atoms with Crippen molar-refractivity contribution in [3.8, 4) is 0 Å². The van der Waals surface area contributed by atoms with Crippen molar-refractivity contribution >= 4 is 19.8 Å². The van der Waals surface area contributed by atoms with Crippen molar-refractivity contribution in [1.29, 1.82) is 0 Å². The number of phosphoric acid groups is 1. The summed E-state index contributed by atoms with van der Waals surface area (Å²) in [6, 6.07) is 0. The van der Waals surface area contributed by atoms with Crippen molar-refractivity contribution in [1.82, 2.24) is 0 Å². The Balaban J connectivity index is 4.45. The van der Waals surface area contributed by atoms with Crippen molar-refractivity contribution in [3.63, 3.8) is 0 Å². The number of allylic oxidation sites excluding steroid dienone is 8. The van der Waals surface area contributed by atoms with Crippen molar-refractivity contribution < 1.29 is 42.1 Å². The van der Waals surface area contributed by atoms with E-state index in [4.69, 9.17) is 18.5 Å². The second-order valence-corrected chi connectivity index (χ2v) is 16.7. The Labute approximate surface area is 331 Å². The number of nitrogens with zero attached hydrogens (tertiary/aromatic N) is 1. The van der Waals surface area contributed by atoms with Crippen LogP contribution in [0.4, 0.5) is 0 Å². The fraction of sp³-hybridized carbons (Fsp3) is 0.773. The van der Waals surface area contributed by atoms with Gasteiger partial charge in [0, 0.05) is 12.8 Å². The zero-order chi connectivity index (χ0) is 40.0. The predicted octanol–water partition coefficient (Wildman–Crippen LogP) is 11.3. The van der Waals surface area contributed by atoms with Crippen molar-refractivity contribution in [2.75, 3.05) is 47.5 Å². The largest absolute Gasteiger partial charge is 0.756 e. The molecular weight excluding hydrogens is 701 g/mol. The molecule has 1 unspecified atom stereocenters. The highest BCUT2D eigenvalue weighted by Crippen LogP contribution is 2.38. The first-order valence-electron chi connectivity index (χ1n) is 21.3. The topological polar surface area (TPSA) is 111 Å². The standard InChI is InChI=1S/C44H80NO8P/c1-6-8-10-12-14-16-18-20-22-24-26-28-30-32-34-36-43(46)50-40-42(41-52-54(48,49)51-39-38-45(3,4)5)53-44(47)37-35-33-31-29-27-25-23-21-19-17-15-13-11-9-7-2/h9,11,15,17,21,23,30,32,42H,6-8,10,12-14,16,18-20,22,24-29,31,33-41H2,1-5H3/b11-9+,17-15+,23-21+,32-30+/t42-/m1/s1. The maximum Gasteiger partial charge on any atom is 0.306 e. The van der Waals surface area contributed by atoms with Gasteiger partial charge in [-0.3, -0.25) is 14.2 Å². The van der Waals surface area contributed by atoms with E-state index in [1.54, 1.807) is 0 Å². The summed E-state index contributed by atoms with van der Waals surface area (Å²) >= 11 is 0. The van der Waals surface area contributed by atoms with E-state index < -0.39 is 32.5 Å². The molecule has 0 N–H and O–H groups in total. The normalized spacial score (nSPS) is 14.1. The third-order valence-electron chi connectivity index (χ3n) is 8.85. The van der Waals surface area contributed by atoms with Crippen LogP contribution in [0.2, 0.25) is 0 Å². The maximum atomic E-state index is 12.6. The maximum absolute atomic E-state index is 12.6. The first kappa shape index (κ1) is 52.0. The summed E-state index contributed by atoms with van der Waals surface area (Å²) in [5, 5.41) is 0. The first-order valence-corrected chi connectivity index (χ1v) is 22.8. The zero-order valence-corrected chi connectivity index (χ0v) is 36.0. The Kier molecular flexibility index (Phi) is 35.2. The molecule has 0 aliphatic heterocycles. The SMILES string of the molecule is CC/C=C/C/C=C/C/C=C/CCCCCCCC(=O)O[C@H](COC(=O)CC/C=C/CCCCCCCCCCCCC)COP(=O)([O-])OCC[N+](C)(C)C. The molecule has 2 atom stereocenters. The van der Waals surface area contributed by atoms with Crippen LogP contribution in [-0.2, 0) is 32.7 Å². The number of likely N-dealkylation sites (N-methyl/N-ethyl adjacent to an activating group) is 1. The molecule has 0 fully saturated rings. The van der Waals surface area contributed by atoms with Gasteiger partial charge in [0.2, 0.25) is 0 Å². The first-order chi connectivity index (χ1) is 26.0. The van der Waals surface area contributed by atoms with Crippen molar-refractivity contribution in [2.24, 2.45) is 0 Å². The molecule has 0 aromatic rings. The van der Waals surface area contributed by atoms with Gasteiger partial charge in [-0.1, -0.05) is 146 Å². The molecule has 0 spiro atoms. The molecule has 0 heterocycles. The van der Waals surface area contributed by atoms with E-state index in [1.807, 2.05) is 27.2 Å². The van der Waals surface area contributed by atoms with Gasteiger partial charge < -0.3 is 27.9 Å². The number of rotatable bonds is 38. The molecule has 0 amide bonds. The smallest absolute Gasteiger partial charge is 0.306 e. The Hall–Kier alpha value is -2.03. The number of carbonyl (C=O) groups is 2.